The minimum absolute atomic E-state index is 0.0150. The zero-order valence-corrected chi connectivity index (χ0v) is 25.5. The number of rotatable bonds is 6. The highest BCUT2D eigenvalue weighted by Gasteiger charge is 2.49. The maximum atomic E-state index is 16.8. The molecule has 0 saturated carbocycles. The van der Waals surface area contributed by atoms with E-state index in [1.165, 1.54) is 18.2 Å². The highest BCUT2D eigenvalue weighted by molar-refractivity contribution is 6.03. The van der Waals surface area contributed by atoms with Gasteiger partial charge in [0.25, 0.3) is 0 Å². The molecule has 238 valence electrons. The summed E-state index contributed by atoms with van der Waals surface area (Å²) >= 11 is 0. The Hall–Kier alpha value is -3.67. The van der Waals surface area contributed by atoms with Crippen molar-refractivity contribution in [2.45, 2.75) is 56.8 Å². The van der Waals surface area contributed by atoms with Crippen molar-refractivity contribution in [1.29, 1.82) is 0 Å². The largest absolute Gasteiger partial charge is 0.508 e. The van der Waals surface area contributed by atoms with Crippen molar-refractivity contribution in [2.24, 2.45) is 0 Å². The van der Waals surface area contributed by atoms with Gasteiger partial charge in [-0.2, -0.15) is 9.97 Å². The molecule has 4 aromatic rings. The molecule has 0 spiro atoms. The summed E-state index contributed by atoms with van der Waals surface area (Å²) < 4.78 is 58.1. The molecule has 11 heteroatoms. The van der Waals surface area contributed by atoms with E-state index in [1.807, 2.05) is 11.8 Å². The molecule has 0 radical (unpaired) electrons. The number of aryl methyl sites for hydroxylation is 1. The lowest BCUT2D eigenvalue weighted by molar-refractivity contribution is -0.0123. The number of alkyl halides is 1. The van der Waals surface area contributed by atoms with E-state index in [4.69, 9.17) is 14.5 Å². The molecule has 3 fully saturated rings. The minimum atomic E-state index is -1.18. The first-order valence-electron chi connectivity index (χ1n) is 15.6. The van der Waals surface area contributed by atoms with Gasteiger partial charge in [0.2, 0.25) is 0 Å². The number of phenols is 1. The first kappa shape index (κ1) is 30.0. The maximum absolute atomic E-state index is 16.8. The summed E-state index contributed by atoms with van der Waals surface area (Å²) in [5.41, 5.74) is -0.753. The standard InChI is InChI=1S/C34H37F3N4O4/c1-3-23-27(36)8-5-20-13-22(42)14-26(28(20)23)24-6-7-25-30(29(24)37)38-32(39-31(25)40-11-12-44-18-33(2,43)17-40)45-19-34-9-4-10-41(34)16-21(35)15-34/h5-8,13-14,21,42-43H,3-4,9-12,15-19H2,1-2H3/t21-,33?,34+/m1/s1. The van der Waals surface area contributed by atoms with Crippen LogP contribution in [0.5, 0.6) is 11.8 Å². The van der Waals surface area contributed by atoms with Crippen molar-refractivity contribution in [2.75, 3.05) is 50.9 Å². The average Bonchev–Trinajstić information content (AvgIpc) is 3.46. The number of nitrogens with zero attached hydrogens (tertiary/aromatic N) is 4. The summed E-state index contributed by atoms with van der Waals surface area (Å²) in [4.78, 5) is 13.2. The second-order valence-electron chi connectivity index (χ2n) is 13.0. The molecular weight excluding hydrogens is 585 g/mol. The van der Waals surface area contributed by atoms with E-state index in [-0.39, 0.29) is 42.6 Å². The Balaban J connectivity index is 1.39. The second kappa shape index (κ2) is 11.3. The summed E-state index contributed by atoms with van der Waals surface area (Å²) in [5, 5.41) is 23.0. The van der Waals surface area contributed by atoms with Gasteiger partial charge < -0.3 is 24.6 Å². The number of aromatic nitrogens is 2. The molecule has 7 rings (SSSR count). The third-order valence-electron chi connectivity index (χ3n) is 9.54. The second-order valence-corrected chi connectivity index (χ2v) is 13.0. The van der Waals surface area contributed by atoms with E-state index < -0.39 is 28.9 Å². The predicted octanol–water partition coefficient (Wildman–Crippen LogP) is 5.54. The van der Waals surface area contributed by atoms with Gasteiger partial charge in [0.15, 0.2) is 5.82 Å². The topological polar surface area (TPSA) is 91.2 Å². The number of phenolic OH excluding ortho intramolecular Hbond substituents is 1. The lowest BCUT2D eigenvalue weighted by Crippen LogP contribution is -2.44. The first-order chi connectivity index (χ1) is 21.6. The van der Waals surface area contributed by atoms with Gasteiger partial charge in [-0.05, 0) is 78.9 Å². The van der Waals surface area contributed by atoms with Crippen molar-refractivity contribution >= 4 is 27.5 Å². The van der Waals surface area contributed by atoms with Crippen LogP contribution < -0.4 is 9.64 Å². The van der Waals surface area contributed by atoms with E-state index in [0.29, 0.717) is 65.6 Å². The average molecular weight is 623 g/mol. The predicted molar refractivity (Wildman–Crippen MR) is 166 cm³/mol. The molecule has 3 aliphatic rings. The number of hydrogen-bond acceptors (Lipinski definition) is 8. The van der Waals surface area contributed by atoms with Crippen molar-refractivity contribution in [3.8, 4) is 22.9 Å². The lowest BCUT2D eigenvalue weighted by Gasteiger charge is -2.31. The minimum Gasteiger partial charge on any atom is -0.508 e. The molecule has 0 bridgehead atoms. The van der Waals surface area contributed by atoms with E-state index in [9.17, 15) is 19.0 Å². The van der Waals surface area contributed by atoms with E-state index in [1.54, 1.807) is 25.1 Å². The van der Waals surface area contributed by atoms with Crippen LogP contribution in [-0.2, 0) is 11.2 Å². The fourth-order valence-electron chi connectivity index (χ4n) is 7.53. The molecule has 3 aromatic carbocycles. The van der Waals surface area contributed by atoms with Gasteiger partial charge in [0, 0.05) is 30.5 Å². The highest BCUT2D eigenvalue weighted by atomic mass is 19.1. The highest BCUT2D eigenvalue weighted by Crippen LogP contribution is 2.42. The van der Waals surface area contributed by atoms with Gasteiger partial charge in [-0.3, -0.25) is 4.90 Å². The van der Waals surface area contributed by atoms with Crippen LogP contribution >= 0.6 is 0 Å². The van der Waals surface area contributed by atoms with Crippen molar-refractivity contribution in [1.82, 2.24) is 14.9 Å². The summed E-state index contributed by atoms with van der Waals surface area (Å²) in [6, 6.07) is 9.14. The van der Waals surface area contributed by atoms with Gasteiger partial charge >= 0.3 is 6.01 Å². The SMILES string of the molecule is CCc1c(F)ccc2cc(O)cc(-c3ccc4c(N5CCOCC(C)(O)C5)nc(OC[C@@]56CCCN5C[C@H](F)C6)nc4c3F)c12. The van der Waals surface area contributed by atoms with Gasteiger partial charge in [0.1, 0.15) is 41.3 Å². The number of aromatic hydroxyl groups is 1. The number of anilines is 1. The van der Waals surface area contributed by atoms with Gasteiger partial charge in [0.05, 0.1) is 25.3 Å². The normalized spacial score (nSPS) is 25.6. The van der Waals surface area contributed by atoms with Crippen LogP contribution in [-0.4, -0.2) is 88.4 Å². The number of aliphatic hydroxyl groups is 1. The number of ether oxygens (including phenoxy) is 2. The molecule has 0 amide bonds. The molecule has 3 aliphatic heterocycles. The van der Waals surface area contributed by atoms with Crippen LogP contribution in [0, 0.1) is 11.6 Å². The molecule has 1 unspecified atom stereocenters. The quantitative estimate of drug-likeness (QED) is 0.290. The van der Waals surface area contributed by atoms with Crippen molar-refractivity contribution in [3.63, 3.8) is 0 Å². The van der Waals surface area contributed by atoms with E-state index in [0.717, 1.165) is 19.4 Å². The Morgan fingerprint density at radius 2 is 1.96 bits per heavy atom. The lowest BCUT2D eigenvalue weighted by atomic mass is 9.92. The molecule has 1 aromatic heterocycles. The number of benzene rings is 3. The molecule has 45 heavy (non-hydrogen) atoms. The number of β-amino-alcohol motifs (C(OH)–C–C–N with tert-alkyl or cyclic N) is 1. The van der Waals surface area contributed by atoms with Gasteiger partial charge in [-0.15, -0.1) is 0 Å². The van der Waals surface area contributed by atoms with Crippen LogP contribution in [0.25, 0.3) is 32.8 Å². The molecule has 8 nitrogen and oxygen atoms in total. The van der Waals surface area contributed by atoms with Crippen molar-refractivity contribution in [3.05, 3.63) is 53.6 Å². The fraction of sp³-hybridized carbons (Fsp3) is 0.471. The third-order valence-corrected chi connectivity index (χ3v) is 9.54. The number of halogens is 3. The molecule has 2 N–H and O–H groups in total. The summed E-state index contributed by atoms with van der Waals surface area (Å²) in [6.07, 6.45) is 1.53. The molecule has 4 heterocycles. The maximum Gasteiger partial charge on any atom is 0.319 e. The van der Waals surface area contributed by atoms with Gasteiger partial charge in [-0.1, -0.05) is 19.1 Å². The zero-order valence-electron chi connectivity index (χ0n) is 25.5. The first-order valence-corrected chi connectivity index (χ1v) is 15.6. The number of hydrogen-bond donors (Lipinski definition) is 2. The molecule has 0 aliphatic carbocycles. The molecule has 3 atom stereocenters. The van der Waals surface area contributed by atoms with Crippen LogP contribution in [0.2, 0.25) is 0 Å². The van der Waals surface area contributed by atoms with Crippen molar-refractivity contribution < 1.29 is 32.9 Å². The summed E-state index contributed by atoms with van der Waals surface area (Å²) in [5.74, 6) is -0.783. The zero-order chi connectivity index (χ0) is 31.5. The van der Waals surface area contributed by atoms with E-state index >= 15 is 4.39 Å². The number of fused-ring (bicyclic) bond motifs is 3. The Morgan fingerprint density at radius 3 is 2.78 bits per heavy atom. The summed E-state index contributed by atoms with van der Waals surface area (Å²) in [6.45, 7) is 5.86. The van der Waals surface area contributed by atoms with Crippen LogP contribution in [0.3, 0.4) is 0 Å². The van der Waals surface area contributed by atoms with E-state index in [2.05, 4.69) is 9.88 Å². The molecular formula is C34H37F3N4O4. The van der Waals surface area contributed by atoms with Crippen LogP contribution in [0.1, 0.15) is 38.7 Å². The third kappa shape index (κ3) is 5.34. The Bertz CT molecular complexity index is 1790. The van der Waals surface area contributed by atoms with Crippen LogP contribution in [0.15, 0.2) is 36.4 Å². The fourth-order valence-corrected chi connectivity index (χ4v) is 7.53. The Labute approximate surface area is 259 Å². The Morgan fingerprint density at radius 1 is 1.11 bits per heavy atom. The Kier molecular flexibility index (Phi) is 7.53. The smallest absolute Gasteiger partial charge is 0.319 e. The van der Waals surface area contributed by atoms with Crippen LogP contribution in [0.4, 0.5) is 19.0 Å². The summed E-state index contributed by atoms with van der Waals surface area (Å²) in [7, 11) is 0. The molecule has 3 saturated heterocycles. The monoisotopic (exact) mass is 622 g/mol. The van der Waals surface area contributed by atoms with Gasteiger partial charge in [-0.25, -0.2) is 13.2 Å².